The highest BCUT2D eigenvalue weighted by atomic mass is 16.1. The molecular weight excluding hydrogens is 184 g/mol. The van der Waals surface area contributed by atoms with Crippen molar-refractivity contribution in [3.8, 4) is 0 Å². The first kappa shape index (κ1) is 12.0. The summed E-state index contributed by atoms with van der Waals surface area (Å²) in [5.41, 5.74) is 1.38. The van der Waals surface area contributed by atoms with Crippen LogP contribution in [0, 0.1) is 5.92 Å². The van der Waals surface area contributed by atoms with Gasteiger partial charge in [-0.25, -0.2) is 0 Å². The molecule has 1 unspecified atom stereocenters. The van der Waals surface area contributed by atoms with Crippen molar-refractivity contribution in [3.63, 3.8) is 0 Å². The van der Waals surface area contributed by atoms with Crippen molar-refractivity contribution in [2.45, 2.75) is 39.5 Å². The van der Waals surface area contributed by atoms with Gasteiger partial charge in [0.1, 0.15) is 5.78 Å². The Balaban J connectivity index is 2.80. The van der Waals surface area contributed by atoms with Crippen molar-refractivity contribution in [1.82, 2.24) is 0 Å². The van der Waals surface area contributed by atoms with Crippen molar-refractivity contribution in [2.24, 2.45) is 5.92 Å². The molecule has 0 N–H and O–H groups in total. The molecule has 82 valence electrons. The lowest BCUT2D eigenvalue weighted by Gasteiger charge is -2.27. The number of benzene rings is 1. The molecule has 0 saturated heterocycles. The number of ketones is 1. The fourth-order valence-corrected chi connectivity index (χ4v) is 1.92. The Labute approximate surface area is 92.5 Å². The lowest BCUT2D eigenvalue weighted by Crippen LogP contribution is -2.23. The number of Topliss-reactive ketones (excluding diaryl/α,β-unsaturated/α-hetero) is 1. The van der Waals surface area contributed by atoms with Gasteiger partial charge in [-0.15, -0.1) is 0 Å². The van der Waals surface area contributed by atoms with Crippen LogP contribution >= 0.6 is 0 Å². The Morgan fingerprint density at radius 1 is 1.27 bits per heavy atom. The third kappa shape index (κ3) is 3.19. The quantitative estimate of drug-likeness (QED) is 0.732. The van der Waals surface area contributed by atoms with E-state index >= 15 is 0 Å². The van der Waals surface area contributed by atoms with Gasteiger partial charge < -0.3 is 0 Å². The largest absolute Gasteiger partial charge is 0.300 e. The van der Waals surface area contributed by atoms with Crippen molar-refractivity contribution in [2.75, 3.05) is 0 Å². The van der Waals surface area contributed by atoms with Gasteiger partial charge in [-0.2, -0.15) is 0 Å². The zero-order valence-electron chi connectivity index (χ0n) is 10.1. The fraction of sp³-hybridized carbons (Fsp3) is 0.500. The molecule has 15 heavy (non-hydrogen) atoms. The molecule has 0 bridgehead atoms. The molecule has 0 aromatic heterocycles. The molecule has 0 aliphatic heterocycles. The van der Waals surface area contributed by atoms with Crippen molar-refractivity contribution >= 4 is 5.78 Å². The van der Waals surface area contributed by atoms with Gasteiger partial charge in [0.05, 0.1) is 0 Å². The number of hydrogen-bond donors (Lipinski definition) is 0. The van der Waals surface area contributed by atoms with Crippen molar-refractivity contribution < 1.29 is 4.79 Å². The smallest absolute Gasteiger partial charge is 0.132 e. The Kier molecular flexibility index (Phi) is 3.67. The van der Waals surface area contributed by atoms with Crippen LogP contribution in [0.15, 0.2) is 30.3 Å². The van der Waals surface area contributed by atoms with Gasteiger partial charge >= 0.3 is 0 Å². The van der Waals surface area contributed by atoms with E-state index in [1.54, 1.807) is 6.92 Å². The van der Waals surface area contributed by atoms with E-state index in [1.165, 1.54) is 5.56 Å². The van der Waals surface area contributed by atoms with Crippen LogP contribution in [0.5, 0.6) is 0 Å². The molecule has 0 heterocycles. The van der Waals surface area contributed by atoms with E-state index in [0.717, 1.165) is 6.42 Å². The summed E-state index contributed by atoms with van der Waals surface area (Å²) in [7, 11) is 0. The van der Waals surface area contributed by atoms with Crippen LogP contribution < -0.4 is 0 Å². The second-order valence-corrected chi connectivity index (χ2v) is 4.97. The summed E-state index contributed by atoms with van der Waals surface area (Å²) in [4.78, 5) is 11.3. The molecule has 0 spiro atoms. The maximum Gasteiger partial charge on any atom is 0.132 e. The monoisotopic (exact) mass is 204 g/mol. The van der Waals surface area contributed by atoms with Gasteiger partial charge in [-0.1, -0.05) is 51.1 Å². The van der Waals surface area contributed by atoms with E-state index in [4.69, 9.17) is 0 Å². The zero-order chi connectivity index (χ0) is 11.5. The van der Waals surface area contributed by atoms with E-state index in [-0.39, 0.29) is 17.1 Å². The van der Waals surface area contributed by atoms with Gasteiger partial charge in [0.2, 0.25) is 0 Å². The summed E-state index contributed by atoms with van der Waals surface area (Å²) in [6.45, 7) is 8.07. The Bertz CT molecular complexity index is 324. The summed E-state index contributed by atoms with van der Waals surface area (Å²) >= 11 is 0. The Morgan fingerprint density at radius 2 is 1.80 bits per heavy atom. The first-order valence-electron chi connectivity index (χ1n) is 5.49. The van der Waals surface area contributed by atoms with Crippen LogP contribution in [0.3, 0.4) is 0 Å². The van der Waals surface area contributed by atoms with Crippen molar-refractivity contribution in [1.29, 1.82) is 0 Å². The number of rotatable bonds is 4. The topological polar surface area (TPSA) is 17.1 Å². The van der Waals surface area contributed by atoms with Gasteiger partial charge in [0.25, 0.3) is 0 Å². The molecule has 1 aromatic rings. The minimum absolute atomic E-state index is 0.0757. The average molecular weight is 204 g/mol. The lowest BCUT2D eigenvalue weighted by atomic mass is 9.77. The van der Waals surface area contributed by atoms with Crippen molar-refractivity contribution in [3.05, 3.63) is 35.9 Å². The highest BCUT2D eigenvalue weighted by Gasteiger charge is 2.24. The minimum atomic E-state index is 0.0757. The van der Waals surface area contributed by atoms with E-state index in [9.17, 15) is 4.79 Å². The molecular formula is C14H20O. The molecule has 0 aliphatic rings. The predicted octanol–water partition coefficient (Wildman–Crippen LogP) is 3.58. The van der Waals surface area contributed by atoms with Gasteiger partial charge in [0, 0.05) is 5.92 Å². The molecule has 0 radical (unpaired) electrons. The highest BCUT2D eigenvalue weighted by Crippen LogP contribution is 2.30. The summed E-state index contributed by atoms with van der Waals surface area (Å²) in [5.74, 6) is 0.416. The molecule has 1 heteroatoms. The minimum Gasteiger partial charge on any atom is -0.300 e. The SMILES string of the molecule is CC(=O)C(C)CC(C)(C)c1ccccc1. The van der Waals surface area contributed by atoms with Crippen LogP contribution in [0.25, 0.3) is 0 Å². The Hall–Kier alpha value is -1.11. The lowest BCUT2D eigenvalue weighted by molar-refractivity contribution is -0.120. The molecule has 0 amide bonds. The molecule has 0 fully saturated rings. The van der Waals surface area contributed by atoms with E-state index in [2.05, 4.69) is 38.1 Å². The first-order chi connectivity index (χ1) is 6.93. The fourth-order valence-electron chi connectivity index (χ4n) is 1.92. The maximum atomic E-state index is 11.3. The normalized spacial score (nSPS) is 13.6. The van der Waals surface area contributed by atoms with E-state index < -0.39 is 0 Å². The third-order valence-electron chi connectivity index (χ3n) is 3.07. The predicted molar refractivity (Wildman–Crippen MR) is 63.9 cm³/mol. The molecule has 0 aliphatic carbocycles. The first-order valence-corrected chi connectivity index (χ1v) is 5.49. The summed E-state index contributed by atoms with van der Waals surface area (Å²) < 4.78 is 0. The standard InChI is InChI=1S/C14H20O/c1-11(12(2)15)10-14(3,4)13-8-6-5-7-9-13/h5-9,11H,10H2,1-4H3. The second kappa shape index (κ2) is 4.61. The summed E-state index contributed by atoms with van der Waals surface area (Å²) in [6, 6.07) is 10.4. The molecule has 1 aromatic carbocycles. The maximum absolute atomic E-state index is 11.3. The van der Waals surface area contributed by atoms with Gasteiger partial charge in [-0.3, -0.25) is 4.79 Å². The number of carbonyl (C=O) groups excluding carboxylic acids is 1. The van der Waals surface area contributed by atoms with E-state index in [0.29, 0.717) is 0 Å². The van der Waals surface area contributed by atoms with E-state index in [1.807, 2.05) is 13.0 Å². The summed E-state index contributed by atoms with van der Waals surface area (Å²) in [5, 5.41) is 0. The molecule has 1 atom stereocenters. The van der Waals surface area contributed by atoms with Crippen LogP contribution in [-0.2, 0) is 10.2 Å². The molecule has 1 nitrogen and oxygen atoms in total. The van der Waals surface area contributed by atoms with Crippen LogP contribution in [0.2, 0.25) is 0 Å². The second-order valence-electron chi connectivity index (χ2n) is 4.97. The third-order valence-corrected chi connectivity index (χ3v) is 3.07. The van der Waals surface area contributed by atoms with Gasteiger partial charge in [0.15, 0.2) is 0 Å². The number of carbonyl (C=O) groups is 1. The summed E-state index contributed by atoms with van der Waals surface area (Å²) in [6.07, 6.45) is 0.909. The Morgan fingerprint density at radius 3 is 2.27 bits per heavy atom. The van der Waals surface area contributed by atoms with Crippen LogP contribution in [-0.4, -0.2) is 5.78 Å². The van der Waals surface area contributed by atoms with Gasteiger partial charge in [-0.05, 0) is 24.3 Å². The zero-order valence-corrected chi connectivity index (χ0v) is 10.1. The highest BCUT2D eigenvalue weighted by molar-refractivity contribution is 5.78. The van der Waals surface area contributed by atoms with Crippen LogP contribution in [0.4, 0.5) is 0 Å². The van der Waals surface area contributed by atoms with Crippen LogP contribution in [0.1, 0.15) is 39.7 Å². The number of hydrogen-bond acceptors (Lipinski definition) is 1. The average Bonchev–Trinajstić information content (AvgIpc) is 2.18. The molecule has 1 rings (SSSR count). The molecule has 0 saturated carbocycles.